The second-order valence-electron chi connectivity index (χ2n) is 6.60. The highest BCUT2D eigenvalue weighted by Crippen LogP contribution is 2.29. The molecule has 0 saturated carbocycles. The van der Waals surface area contributed by atoms with Gasteiger partial charge in [0.05, 0.1) is 28.8 Å². The molecule has 5 nitrogen and oxygen atoms in total. The fraction of sp³-hybridized carbons (Fsp3) is 0.0435. The number of nitrogens with one attached hydrogen (secondary N) is 1. The summed E-state index contributed by atoms with van der Waals surface area (Å²) in [6.45, 7) is 1.77. The van der Waals surface area contributed by atoms with Gasteiger partial charge >= 0.3 is 0 Å². The lowest BCUT2D eigenvalue weighted by Gasteiger charge is -2.10. The average molecular weight is 422 g/mol. The van der Waals surface area contributed by atoms with Crippen LogP contribution in [0, 0.1) is 24.4 Å². The monoisotopic (exact) mass is 422 g/mol. The minimum absolute atomic E-state index is 0.0201. The number of benzene rings is 3. The van der Waals surface area contributed by atoms with E-state index in [9.17, 15) is 13.2 Å². The molecule has 156 valence electrons. The number of para-hydroxylation sites is 1. The number of aryl methyl sites for hydroxylation is 1. The van der Waals surface area contributed by atoms with Crippen molar-refractivity contribution in [3.05, 3.63) is 102 Å². The van der Waals surface area contributed by atoms with Crippen molar-refractivity contribution in [2.45, 2.75) is 6.92 Å². The zero-order valence-corrected chi connectivity index (χ0v) is 16.4. The molecule has 8 heteroatoms. The van der Waals surface area contributed by atoms with E-state index in [2.05, 4.69) is 15.6 Å². The summed E-state index contributed by atoms with van der Waals surface area (Å²) in [6, 6.07) is 18.0. The summed E-state index contributed by atoms with van der Waals surface area (Å²) in [5.74, 6) is -1.07. The molecule has 4 aromatic rings. The van der Waals surface area contributed by atoms with Crippen molar-refractivity contribution >= 4 is 11.9 Å². The van der Waals surface area contributed by atoms with E-state index in [0.717, 1.165) is 17.8 Å². The van der Waals surface area contributed by atoms with Crippen molar-refractivity contribution in [3.63, 3.8) is 0 Å². The van der Waals surface area contributed by atoms with Crippen LogP contribution in [-0.2, 0) is 0 Å². The van der Waals surface area contributed by atoms with Gasteiger partial charge < -0.3 is 4.74 Å². The average Bonchev–Trinajstić information content (AvgIpc) is 3.07. The van der Waals surface area contributed by atoms with E-state index in [1.54, 1.807) is 11.6 Å². The lowest BCUT2D eigenvalue weighted by molar-refractivity contribution is 0.442. The van der Waals surface area contributed by atoms with E-state index in [1.165, 1.54) is 36.5 Å². The Morgan fingerprint density at radius 3 is 2.35 bits per heavy atom. The molecule has 0 amide bonds. The van der Waals surface area contributed by atoms with Gasteiger partial charge in [-0.05, 0) is 55.5 Å². The Morgan fingerprint density at radius 1 is 0.935 bits per heavy atom. The first-order valence-corrected chi connectivity index (χ1v) is 9.34. The molecular formula is C23H17F3N4O. The summed E-state index contributed by atoms with van der Waals surface area (Å²) in [4.78, 5) is 0. The maximum absolute atomic E-state index is 13.8. The molecule has 0 fully saturated rings. The number of hydrogen-bond acceptors (Lipinski definition) is 4. The molecule has 0 unspecified atom stereocenters. The summed E-state index contributed by atoms with van der Waals surface area (Å²) in [5, 5.41) is 8.58. The van der Waals surface area contributed by atoms with Crippen molar-refractivity contribution in [1.29, 1.82) is 0 Å². The van der Waals surface area contributed by atoms with Crippen LogP contribution in [0.15, 0.2) is 77.9 Å². The van der Waals surface area contributed by atoms with Crippen molar-refractivity contribution in [2.75, 3.05) is 5.43 Å². The van der Waals surface area contributed by atoms with Crippen LogP contribution in [0.4, 0.5) is 18.9 Å². The van der Waals surface area contributed by atoms with Gasteiger partial charge in [0.2, 0.25) is 5.88 Å². The highest BCUT2D eigenvalue weighted by Gasteiger charge is 2.18. The number of nitrogens with zero attached hydrogens (tertiary/aromatic N) is 3. The van der Waals surface area contributed by atoms with Gasteiger partial charge in [-0.3, -0.25) is 5.43 Å². The van der Waals surface area contributed by atoms with Gasteiger partial charge in [-0.15, -0.1) is 0 Å². The molecule has 1 heterocycles. The van der Waals surface area contributed by atoms with Crippen LogP contribution in [-0.4, -0.2) is 16.0 Å². The maximum Gasteiger partial charge on any atom is 0.231 e. The highest BCUT2D eigenvalue weighted by molar-refractivity contribution is 5.85. The zero-order valence-electron chi connectivity index (χ0n) is 16.4. The molecule has 0 saturated heterocycles. The van der Waals surface area contributed by atoms with Crippen LogP contribution in [0.1, 0.15) is 11.3 Å². The number of hydrazone groups is 1. The number of ether oxygens (including phenoxy) is 1. The second-order valence-corrected chi connectivity index (χ2v) is 6.60. The lowest BCUT2D eigenvalue weighted by Crippen LogP contribution is -2.01. The summed E-state index contributed by atoms with van der Waals surface area (Å²) < 4.78 is 47.8. The minimum atomic E-state index is -0.767. The van der Waals surface area contributed by atoms with Gasteiger partial charge in [0.25, 0.3) is 0 Å². The molecule has 3 aromatic carbocycles. The quantitative estimate of drug-likeness (QED) is 0.314. The van der Waals surface area contributed by atoms with E-state index in [1.807, 2.05) is 30.3 Å². The van der Waals surface area contributed by atoms with Crippen LogP contribution < -0.4 is 10.2 Å². The van der Waals surface area contributed by atoms with E-state index >= 15 is 0 Å². The topological polar surface area (TPSA) is 51.4 Å². The maximum atomic E-state index is 13.8. The van der Waals surface area contributed by atoms with Gasteiger partial charge in [-0.1, -0.05) is 18.2 Å². The fourth-order valence-corrected chi connectivity index (χ4v) is 2.87. The van der Waals surface area contributed by atoms with Gasteiger partial charge in [0, 0.05) is 6.07 Å². The minimum Gasteiger partial charge on any atom is -0.438 e. The van der Waals surface area contributed by atoms with Crippen molar-refractivity contribution in [3.8, 4) is 17.3 Å². The van der Waals surface area contributed by atoms with E-state index in [-0.39, 0.29) is 11.5 Å². The number of aromatic nitrogens is 2. The lowest BCUT2D eigenvalue weighted by atomic mass is 10.2. The summed E-state index contributed by atoms with van der Waals surface area (Å²) in [7, 11) is 0. The first-order chi connectivity index (χ1) is 15.0. The number of hydrogen-bond donors (Lipinski definition) is 1. The molecule has 4 rings (SSSR count). The molecule has 0 aliphatic carbocycles. The third-order valence-electron chi connectivity index (χ3n) is 4.40. The zero-order chi connectivity index (χ0) is 21.8. The molecule has 0 radical (unpaired) electrons. The number of rotatable bonds is 6. The van der Waals surface area contributed by atoms with Crippen LogP contribution >= 0.6 is 0 Å². The van der Waals surface area contributed by atoms with E-state index in [0.29, 0.717) is 22.9 Å². The highest BCUT2D eigenvalue weighted by atomic mass is 19.1. The predicted molar refractivity (Wildman–Crippen MR) is 112 cm³/mol. The van der Waals surface area contributed by atoms with Crippen molar-refractivity contribution in [1.82, 2.24) is 9.78 Å². The van der Waals surface area contributed by atoms with E-state index < -0.39 is 11.6 Å². The molecule has 1 aromatic heterocycles. The smallest absolute Gasteiger partial charge is 0.231 e. The first-order valence-electron chi connectivity index (χ1n) is 9.34. The predicted octanol–water partition coefficient (Wildman–Crippen LogP) is 5.84. The molecule has 0 aliphatic heterocycles. The number of halogens is 3. The Kier molecular flexibility index (Phi) is 5.70. The Bertz CT molecular complexity index is 1220. The van der Waals surface area contributed by atoms with Crippen molar-refractivity contribution < 1.29 is 17.9 Å². The molecular weight excluding hydrogens is 405 g/mol. The summed E-state index contributed by atoms with van der Waals surface area (Å²) >= 11 is 0. The van der Waals surface area contributed by atoms with Crippen molar-refractivity contribution in [2.24, 2.45) is 5.10 Å². The molecule has 0 aliphatic rings. The third-order valence-corrected chi connectivity index (χ3v) is 4.40. The van der Waals surface area contributed by atoms with Gasteiger partial charge in [0.1, 0.15) is 17.4 Å². The Morgan fingerprint density at radius 2 is 1.65 bits per heavy atom. The molecule has 1 N–H and O–H groups in total. The normalized spacial score (nSPS) is 11.1. The summed E-state index contributed by atoms with van der Waals surface area (Å²) in [5.41, 5.74) is 4.45. The third kappa shape index (κ3) is 4.58. The fourth-order valence-electron chi connectivity index (χ4n) is 2.87. The number of anilines is 1. The Labute approximate surface area is 176 Å². The standard InChI is InChI=1S/C23H17F3N4O/c1-15-20(14-27-28-22-12-9-17(25)13-21(22)26)23(31-19-10-7-16(24)8-11-19)30(29-15)18-5-3-2-4-6-18/h2-14,28H,1H3/b27-14-. The van der Waals surface area contributed by atoms with Gasteiger partial charge in [-0.2, -0.15) is 14.9 Å². The molecule has 0 spiro atoms. The molecule has 31 heavy (non-hydrogen) atoms. The van der Waals surface area contributed by atoms with Crippen LogP contribution in [0.3, 0.4) is 0 Å². The second kappa shape index (κ2) is 8.74. The first kappa shape index (κ1) is 20.2. The van der Waals surface area contributed by atoms with Gasteiger partial charge in [0.15, 0.2) is 5.82 Å². The van der Waals surface area contributed by atoms with Crippen LogP contribution in [0.2, 0.25) is 0 Å². The Balaban J connectivity index is 1.70. The molecule has 0 bridgehead atoms. The summed E-state index contributed by atoms with van der Waals surface area (Å²) in [6.07, 6.45) is 1.43. The van der Waals surface area contributed by atoms with E-state index in [4.69, 9.17) is 4.74 Å². The largest absolute Gasteiger partial charge is 0.438 e. The van der Waals surface area contributed by atoms with Gasteiger partial charge in [-0.25, -0.2) is 13.2 Å². The van der Waals surface area contributed by atoms with Crippen LogP contribution in [0.25, 0.3) is 5.69 Å². The molecule has 0 atom stereocenters. The Hall–Kier alpha value is -4.07. The SMILES string of the molecule is Cc1nn(-c2ccccc2)c(Oc2ccc(F)cc2)c1/C=N\Nc1ccc(F)cc1F. The van der Waals surface area contributed by atoms with Crippen LogP contribution in [0.5, 0.6) is 11.6 Å².